The number of ether oxygens (including phenoxy) is 1. The molecule has 94 valence electrons. The van der Waals surface area contributed by atoms with Crippen molar-refractivity contribution in [3.63, 3.8) is 0 Å². The Morgan fingerprint density at radius 3 is 2.50 bits per heavy atom. The number of methoxy groups -OCH3 is 1. The molecule has 0 bridgehead atoms. The van der Waals surface area contributed by atoms with E-state index in [0.717, 1.165) is 26.1 Å². The molecule has 0 radical (unpaired) electrons. The molecule has 2 N–H and O–H groups in total. The van der Waals surface area contributed by atoms with Gasteiger partial charge in [-0.05, 0) is 32.1 Å². The van der Waals surface area contributed by atoms with Gasteiger partial charge >= 0.3 is 0 Å². The van der Waals surface area contributed by atoms with Crippen LogP contribution in [0.5, 0.6) is 0 Å². The first kappa shape index (κ1) is 13.9. The minimum atomic E-state index is 0.379. The third-order valence-corrected chi connectivity index (χ3v) is 3.50. The maximum Gasteiger partial charge on any atom is 0.0733 e. The Bertz CT molecular complexity index is 239. The zero-order valence-corrected chi connectivity index (χ0v) is 11.5. The van der Waals surface area contributed by atoms with Gasteiger partial charge in [0.05, 0.1) is 11.6 Å². The van der Waals surface area contributed by atoms with Crippen LogP contribution in [-0.2, 0) is 4.74 Å². The van der Waals surface area contributed by atoms with Gasteiger partial charge in [0.1, 0.15) is 0 Å². The highest BCUT2D eigenvalue weighted by atomic mass is 32.1. The summed E-state index contributed by atoms with van der Waals surface area (Å²) in [6, 6.07) is 0.555. The van der Waals surface area contributed by atoms with Crippen LogP contribution in [0.3, 0.4) is 0 Å². The van der Waals surface area contributed by atoms with Crippen molar-refractivity contribution in [2.75, 3.05) is 26.8 Å². The van der Waals surface area contributed by atoms with Crippen LogP contribution >= 0.6 is 12.2 Å². The standard InChI is InChI=1S/C12H24N2OS/c1-10(2)14(6-7-15-3)9-12(4-5-12)8-11(13)16/h10H,4-9H2,1-3H3,(H2,13,16). The van der Waals surface area contributed by atoms with Gasteiger partial charge in [-0.1, -0.05) is 12.2 Å². The number of nitrogens with two attached hydrogens (primary N) is 1. The van der Waals surface area contributed by atoms with E-state index in [0.29, 0.717) is 16.4 Å². The van der Waals surface area contributed by atoms with E-state index in [1.54, 1.807) is 7.11 Å². The molecule has 1 saturated carbocycles. The third-order valence-electron chi connectivity index (χ3n) is 3.36. The molecule has 1 aliphatic carbocycles. The monoisotopic (exact) mass is 244 g/mol. The number of hydrogen-bond donors (Lipinski definition) is 1. The lowest BCUT2D eigenvalue weighted by atomic mass is 10.0. The van der Waals surface area contributed by atoms with Gasteiger partial charge in [-0.3, -0.25) is 4.90 Å². The summed E-state index contributed by atoms with van der Waals surface area (Å²) in [5.41, 5.74) is 6.04. The van der Waals surface area contributed by atoms with Crippen molar-refractivity contribution in [1.29, 1.82) is 0 Å². The second kappa shape index (κ2) is 5.94. The molecule has 0 unspecified atom stereocenters. The highest BCUT2D eigenvalue weighted by molar-refractivity contribution is 7.80. The van der Waals surface area contributed by atoms with E-state index < -0.39 is 0 Å². The third kappa shape index (κ3) is 4.36. The van der Waals surface area contributed by atoms with Crippen LogP contribution in [0.4, 0.5) is 0 Å². The molecule has 0 amide bonds. The number of rotatable bonds is 8. The molecule has 4 heteroatoms. The van der Waals surface area contributed by atoms with Crippen LogP contribution in [0.1, 0.15) is 33.1 Å². The molecule has 0 saturated heterocycles. The first-order valence-corrected chi connectivity index (χ1v) is 6.41. The summed E-state index contributed by atoms with van der Waals surface area (Å²) in [7, 11) is 1.75. The van der Waals surface area contributed by atoms with Crippen LogP contribution in [0.2, 0.25) is 0 Å². The molecule has 16 heavy (non-hydrogen) atoms. The highest BCUT2D eigenvalue weighted by Crippen LogP contribution is 2.49. The zero-order chi connectivity index (χ0) is 12.2. The summed E-state index contributed by atoms with van der Waals surface area (Å²) >= 11 is 5.02. The molecule has 0 aliphatic heterocycles. The van der Waals surface area contributed by atoms with Crippen molar-refractivity contribution >= 4 is 17.2 Å². The van der Waals surface area contributed by atoms with E-state index >= 15 is 0 Å². The van der Waals surface area contributed by atoms with Crippen molar-refractivity contribution in [3.05, 3.63) is 0 Å². The molecule has 1 rings (SSSR count). The predicted molar refractivity (Wildman–Crippen MR) is 71.7 cm³/mol. The summed E-state index contributed by atoms with van der Waals surface area (Å²) in [6.45, 7) is 7.35. The van der Waals surface area contributed by atoms with E-state index in [-0.39, 0.29) is 0 Å². The minimum absolute atomic E-state index is 0.379. The normalized spacial score (nSPS) is 18.1. The van der Waals surface area contributed by atoms with E-state index in [1.807, 2.05) is 0 Å². The maximum absolute atomic E-state index is 5.66. The van der Waals surface area contributed by atoms with Crippen molar-refractivity contribution in [2.24, 2.45) is 11.1 Å². The first-order chi connectivity index (χ1) is 7.49. The quantitative estimate of drug-likeness (QED) is 0.661. The molecule has 0 aromatic carbocycles. The first-order valence-electron chi connectivity index (χ1n) is 6.00. The van der Waals surface area contributed by atoms with Gasteiger partial charge in [-0.25, -0.2) is 0 Å². The summed E-state index contributed by atoms with van der Waals surface area (Å²) in [5, 5.41) is 0. The molecule has 3 nitrogen and oxygen atoms in total. The molecule has 0 atom stereocenters. The van der Waals surface area contributed by atoms with Crippen LogP contribution in [0, 0.1) is 5.41 Å². The average molecular weight is 244 g/mol. The Hall–Kier alpha value is -0.190. The smallest absolute Gasteiger partial charge is 0.0733 e. The number of hydrogen-bond acceptors (Lipinski definition) is 3. The van der Waals surface area contributed by atoms with Gasteiger partial charge in [0.15, 0.2) is 0 Å². The largest absolute Gasteiger partial charge is 0.393 e. The van der Waals surface area contributed by atoms with E-state index in [1.165, 1.54) is 12.8 Å². The Morgan fingerprint density at radius 1 is 1.50 bits per heavy atom. The molecular weight excluding hydrogens is 220 g/mol. The minimum Gasteiger partial charge on any atom is -0.393 e. The van der Waals surface area contributed by atoms with Crippen molar-refractivity contribution in [3.8, 4) is 0 Å². The van der Waals surface area contributed by atoms with Gasteiger partial charge < -0.3 is 10.5 Å². The fourth-order valence-corrected chi connectivity index (χ4v) is 2.40. The lowest BCUT2D eigenvalue weighted by Crippen LogP contribution is -2.39. The fourth-order valence-electron chi connectivity index (χ4n) is 2.10. The van der Waals surface area contributed by atoms with Gasteiger partial charge in [-0.15, -0.1) is 0 Å². The Balaban J connectivity index is 2.44. The molecule has 0 spiro atoms. The van der Waals surface area contributed by atoms with Gasteiger partial charge in [0, 0.05) is 32.7 Å². The summed E-state index contributed by atoms with van der Waals surface area (Å²) < 4.78 is 5.15. The predicted octanol–water partition coefficient (Wildman–Crippen LogP) is 1.80. The van der Waals surface area contributed by atoms with Gasteiger partial charge in [0.25, 0.3) is 0 Å². The summed E-state index contributed by atoms with van der Waals surface area (Å²) in [4.78, 5) is 3.13. The molecule has 0 aromatic rings. The fraction of sp³-hybridized carbons (Fsp3) is 0.917. The van der Waals surface area contributed by atoms with Crippen LogP contribution in [0.25, 0.3) is 0 Å². The number of nitrogens with zero attached hydrogens (tertiary/aromatic N) is 1. The maximum atomic E-state index is 5.66. The van der Waals surface area contributed by atoms with Gasteiger partial charge in [0.2, 0.25) is 0 Å². The molecule has 0 aromatic heterocycles. The SMILES string of the molecule is COCCN(CC1(CC(N)=S)CC1)C(C)C. The Morgan fingerprint density at radius 2 is 2.12 bits per heavy atom. The van der Waals surface area contributed by atoms with Crippen molar-refractivity contribution in [1.82, 2.24) is 4.90 Å². The summed E-state index contributed by atoms with van der Waals surface area (Å²) in [6.07, 6.45) is 3.43. The summed E-state index contributed by atoms with van der Waals surface area (Å²) in [5.74, 6) is 0. The highest BCUT2D eigenvalue weighted by Gasteiger charge is 2.44. The van der Waals surface area contributed by atoms with E-state index in [4.69, 9.17) is 22.7 Å². The van der Waals surface area contributed by atoms with Crippen molar-refractivity contribution < 1.29 is 4.74 Å². The lowest BCUT2D eigenvalue weighted by Gasteiger charge is -2.30. The second-order valence-electron chi connectivity index (χ2n) is 5.20. The van der Waals surface area contributed by atoms with Gasteiger partial charge in [-0.2, -0.15) is 0 Å². The molecule has 1 fully saturated rings. The van der Waals surface area contributed by atoms with Crippen LogP contribution < -0.4 is 5.73 Å². The Kier molecular flexibility index (Phi) is 5.15. The lowest BCUT2D eigenvalue weighted by molar-refractivity contribution is 0.113. The van der Waals surface area contributed by atoms with Crippen LogP contribution in [-0.4, -0.2) is 42.7 Å². The second-order valence-corrected chi connectivity index (χ2v) is 5.72. The van der Waals surface area contributed by atoms with E-state index in [9.17, 15) is 0 Å². The van der Waals surface area contributed by atoms with E-state index in [2.05, 4.69) is 18.7 Å². The number of thiocarbonyl (C=S) groups is 1. The average Bonchev–Trinajstić information content (AvgIpc) is 2.91. The Labute approximate surface area is 104 Å². The topological polar surface area (TPSA) is 38.5 Å². The van der Waals surface area contributed by atoms with Crippen molar-refractivity contribution in [2.45, 2.75) is 39.2 Å². The molecular formula is C12H24N2OS. The zero-order valence-electron chi connectivity index (χ0n) is 10.7. The van der Waals surface area contributed by atoms with Crippen LogP contribution in [0.15, 0.2) is 0 Å². The molecule has 1 aliphatic rings. The molecule has 0 heterocycles.